The molecule has 0 spiro atoms. The Morgan fingerprint density at radius 1 is 1.13 bits per heavy atom. The summed E-state index contributed by atoms with van der Waals surface area (Å²) in [5.74, 6) is -3.08. The van der Waals surface area contributed by atoms with Crippen molar-refractivity contribution in [2.24, 2.45) is 11.8 Å². The van der Waals surface area contributed by atoms with Crippen LogP contribution < -0.4 is 5.32 Å². The summed E-state index contributed by atoms with van der Waals surface area (Å²) in [6, 6.07) is 5.98. The zero-order valence-corrected chi connectivity index (χ0v) is 18.3. The molecule has 1 saturated carbocycles. The summed E-state index contributed by atoms with van der Waals surface area (Å²) < 4.78 is 5.26. The van der Waals surface area contributed by atoms with E-state index in [0.29, 0.717) is 29.0 Å². The number of carboxylic acids is 1. The Labute approximate surface area is 180 Å². The van der Waals surface area contributed by atoms with E-state index in [1.165, 1.54) is 11.3 Å². The SMILES string of the molecule is CCOC(=O)c1c(-c2ccc(C)cc2C)csc1NC(=O)C1CCCCC1C(=O)O. The average molecular weight is 430 g/mol. The molecular formula is C23H27NO5S. The van der Waals surface area contributed by atoms with Gasteiger partial charge in [0.15, 0.2) is 0 Å². The van der Waals surface area contributed by atoms with Gasteiger partial charge < -0.3 is 15.2 Å². The number of hydrogen-bond acceptors (Lipinski definition) is 5. The quantitative estimate of drug-likeness (QED) is 0.628. The van der Waals surface area contributed by atoms with Gasteiger partial charge in [-0.2, -0.15) is 0 Å². The first-order valence-corrected chi connectivity index (χ1v) is 11.1. The molecule has 1 aromatic carbocycles. The number of aryl methyl sites for hydroxylation is 2. The van der Waals surface area contributed by atoms with Crippen LogP contribution in [0.25, 0.3) is 11.1 Å². The molecule has 1 amide bonds. The monoisotopic (exact) mass is 429 g/mol. The van der Waals surface area contributed by atoms with Gasteiger partial charge in [-0.3, -0.25) is 9.59 Å². The second-order valence-electron chi connectivity index (χ2n) is 7.72. The van der Waals surface area contributed by atoms with Crippen LogP contribution in [-0.2, 0) is 14.3 Å². The Kier molecular flexibility index (Phi) is 6.92. The normalized spacial score (nSPS) is 18.6. The molecule has 1 aliphatic carbocycles. The topological polar surface area (TPSA) is 92.7 Å². The molecule has 160 valence electrons. The third-order valence-corrected chi connectivity index (χ3v) is 6.49. The van der Waals surface area contributed by atoms with Crippen molar-refractivity contribution in [2.75, 3.05) is 11.9 Å². The molecule has 0 aliphatic heterocycles. The predicted octanol–water partition coefficient (Wildman–Crippen LogP) is 5.04. The van der Waals surface area contributed by atoms with Crippen molar-refractivity contribution in [1.29, 1.82) is 0 Å². The number of hydrogen-bond donors (Lipinski definition) is 2. The van der Waals surface area contributed by atoms with Crippen molar-refractivity contribution in [3.63, 3.8) is 0 Å². The molecule has 1 aromatic heterocycles. The molecule has 2 aromatic rings. The summed E-state index contributed by atoms with van der Waals surface area (Å²) in [5, 5.41) is 14.6. The van der Waals surface area contributed by atoms with Crippen LogP contribution >= 0.6 is 11.3 Å². The molecule has 7 heteroatoms. The smallest absolute Gasteiger partial charge is 0.341 e. The maximum absolute atomic E-state index is 13.0. The summed E-state index contributed by atoms with van der Waals surface area (Å²) in [4.78, 5) is 37.3. The summed E-state index contributed by atoms with van der Waals surface area (Å²) in [6.07, 6.45) is 2.67. The van der Waals surface area contributed by atoms with Gasteiger partial charge in [0.2, 0.25) is 5.91 Å². The molecule has 2 unspecified atom stereocenters. The first-order valence-electron chi connectivity index (χ1n) is 10.2. The first-order chi connectivity index (χ1) is 14.3. The van der Waals surface area contributed by atoms with Crippen molar-refractivity contribution < 1.29 is 24.2 Å². The van der Waals surface area contributed by atoms with Gasteiger partial charge >= 0.3 is 11.9 Å². The Hall–Kier alpha value is -2.67. The second-order valence-corrected chi connectivity index (χ2v) is 8.60. The van der Waals surface area contributed by atoms with Gasteiger partial charge in [-0.15, -0.1) is 11.3 Å². The molecule has 0 bridgehead atoms. The van der Waals surface area contributed by atoms with Crippen LogP contribution in [0, 0.1) is 25.7 Å². The fourth-order valence-electron chi connectivity index (χ4n) is 4.11. The van der Waals surface area contributed by atoms with Crippen LogP contribution in [0.3, 0.4) is 0 Å². The highest BCUT2D eigenvalue weighted by Gasteiger charge is 2.36. The number of carbonyl (C=O) groups excluding carboxylic acids is 2. The van der Waals surface area contributed by atoms with Gasteiger partial charge in [0.1, 0.15) is 10.6 Å². The number of esters is 1. The molecule has 1 fully saturated rings. The van der Waals surface area contributed by atoms with Gasteiger partial charge in [0, 0.05) is 10.9 Å². The lowest BCUT2D eigenvalue weighted by atomic mass is 9.78. The number of rotatable bonds is 6. The van der Waals surface area contributed by atoms with Gasteiger partial charge in [0.05, 0.1) is 18.4 Å². The summed E-state index contributed by atoms with van der Waals surface area (Å²) in [7, 11) is 0. The number of carboxylic acid groups (broad SMARTS) is 1. The first kappa shape index (κ1) is 22.0. The van der Waals surface area contributed by atoms with E-state index in [4.69, 9.17) is 4.74 Å². The Morgan fingerprint density at radius 3 is 2.47 bits per heavy atom. The summed E-state index contributed by atoms with van der Waals surface area (Å²) in [6.45, 7) is 5.94. The van der Waals surface area contributed by atoms with Crippen LogP contribution in [-0.4, -0.2) is 29.6 Å². The highest BCUT2D eigenvalue weighted by atomic mass is 32.1. The van der Waals surface area contributed by atoms with Gasteiger partial charge in [-0.25, -0.2) is 4.79 Å². The number of ether oxygens (including phenoxy) is 1. The van der Waals surface area contributed by atoms with Crippen molar-refractivity contribution in [1.82, 2.24) is 0 Å². The van der Waals surface area contributed by atoms with E-state index >= 15 is 0 Å². The lowest BCUT2D eigenvalue weighted by Crippen LogP contribution is -2.36. The molecule has 1 heterocycles. The standard InChI is InChI=1S/C23H27NO5S/c1-4-29-23(28)19-18(15-10-9-13(2)11-14(15)3)12-30-21(19)24-20(25)16-7-5-6-8-17(16)22(26)27/h9-12,16-17H,4-8H2,1-3H3,(H,24,25)(H,26,27). The van der Waals surface area contributed by atoms with Crippen LogP contribution in [0.2, 0.25) is 0 Å². The fourth-order valence-corrected chi connectivity index (χ4v) is 5.07. The van der Waals surface area contributed by atoms with Gasteiger partial charge in [-0.1, -0.05) is 36.6 Å². The highest BCUT2D eigenvalue weighted by molar-refractivity contribution is 7.15. The van der Waals surface area contributed by atoms with E-state index in [1.807, 2.05) is 37.4 Å². The molecule has 0 saturated heterocycles. The maximum Gasteiger partial charge on any atom is 0.341 e. The molecule has 3 rings (SSSR count). The maximum atomic E-state index is 13.0. The summed E-state index contributed by atoms with van der Waals surface area (Å²) in [5.41, 5.74) is 4.08. The number of thiophene rings is 1. The Morgan fingerprint density at radius 2 is 1.83 bits per heavy atom. The Balaban J connectivity index is 1.96. The average Bonchev–Trinajstić information content (AvgIpc) is 3.11. The molecule has 1 aliphatic rings. The van der Waals surface area contributed by atoms with Crippen LogP contribution in [0.5, 0.6) is 0 Å². The lowest BCUT2D eigenvalue weighted by Gasteiger charge is -2.27. The third kappa shape index (κ3) is 4.56. The van der Waals surface area contributed by atoms with Crippen molar-refractivity contribution in [2.45, 2.75) is 46.5 Å². The van der Waals surface area contributed by atoms with E-state index in [0.717, 1.165) is 29.5 Å². The van der Waals surface area contributed by atoms with Crippen LogP contribution in [0.4, 0.5) is 5.00 Å². The number of carbonyl (C=O) groups is 3. The number of amides is 1. The number of nitrogens with one attached hydrogen (secondary N) is 1. The van der Waals surface area contributed by atoms with Crippen LogP contribution in [0.15, 0.2) is 23.6 Å². The lowest BCUT2D eigenvalue weighted by molar-refractivity contribution is -0.147. The number of anilines is 1. The van der Waals surface area contributed by atoms with E-state index in [2.05, 4.69) is 5.32 Å². The molecule has 2 atom stereocenters. The van der Waals surface area contributed by atoms with E-state index in [9.17, 15) is 19.5 Å². The zero-order chi connectivity index (χ0) is 21.8. The predicted molar refractivity (Wildman–Crippen MR) is 117 cm³/mol. The molecule has 2 N–H and O–H groups in total. The molecular weight excluding hydrogens is 402 g/mol. The minimum atomic E-state index is -0.942. The minimum Gasteiger partial charge on any atom is -0.481 e. The highest BCUT2D eigenvalue weighted by Crippen LogP contribution is 2.39. The largest absolute Gasteiger partial charge is 0.481 e. The van der Waals surface area contributed by atoms with Crippen molar-refractivity contribution in [3.05, 3.63) is 40.3 Å². The third-order valence-electron chi connectivity index (χ3n) is 5.60. The number of benzene rings is 1. The number of aliphatic carboxylic acids is 1. The Bertz CT molecular complexity index is 964. The van der Waals surface area contributed by atoms with E-state index in [1.54, 1.807) is 6.92 Å². The zero-order valence-electron chi connectivity index (χ0n) is 17.5. The van der Waals surface area contributed by atoms with Gasteiger partial charge in [-0.05, 0) is 44.7 Å². The second kappa shape index (κ2) is 9.43. The van der Waals surface area contributed by atoms with Crippen LogP contribution in [0.1, 0.15) is 54.1 Å². The van der Waals surface area contributed by atoms with Gasteiger partial charge in [0.25, 0.3) is 0 Å². The van der Waals surface area contributed by atoms with E-state index < -0.39 is 23.8 Å². The molecule has 0 radical (unpaired) electrons. The van der Waals surface area contributed by atoms with Crippen molar-refractivity contribution in [3.8, 4) is 11.1 Å². The van der Waals surface area contributed by atoms with Crippen molar-refractivity contribution >= 4 is 34.2 Å². The fraction of sp³-hybridized carbons (Fsp3) is 0.435. The minimum absolute atomic E-state index is 0.220. The summed E-state index contributed by atoms with van der Waals surface area (Å²) >= 11 is 1.26. The molecule has 30 heavy (non-hydrogen) atoms. The van der Waals surface area contributed by atoms with E-state index in [-0.39, 0.29) is 12.5 Å². The molecule has 6 nitrogen and oxygen atoms in total.